The van der Waals surface area contributed by atoms with Gasteiger partial charge in [0.25, 0.3) is 5.90 Å². The monoisotopic (exact) mass is 337 g/mol. The summed E-state index contributed by atoms with van der Waals surface area (Å²) in [6.07, 6.45) is 1.39. The number of hydrogen-bond donors (Lipinski definition) is 1. The molecule has 1 aliphatic carbocycles. The molecule has 0 fully saturated rings. The van der Waals surface area contributed by atoms with E-state index in [-0.39, 0.29) is 23.2 Å². The van der Waals surface area contributed by atoms with Crippen LogP contribution >= 0.6 is 0 Å². The van der Waals surface area contributed by atoms with Crippen LogP contribution in [0.5, 0.6) is 0 Å². The summed E-state index contributed by atoms with van der Waals surface area (Å²) in [6, 6.07) is 14.1. The third-order valence-corrected chi connectivity index (χ3v) is 4.26. The van der Waals surface area contributed by atoms with E-state index in [1.165, 1.54) is 23.3 Å². The molecule has 2 aromatic rings. The number of aliphatic imine (C=N–C) groups is 1. The summed E-state index contributed by atoms with van der Waals surface area (Å²) in [6.45, 7) is 2.15. The van der Waals surface area contributed by atoms with Crippen molar-refractivity contribution in [1.82, 2.24) is 0 Å². The summed E-state index contributed by atoms with van der Waals surface area (Å²) in [4.78, 5) is 28.1. The second-order valence-electron chi connectivity index (χ2n) is 5.94. The normalized spacial score (nSPS) is 14.2. The van der Waals surface area contributed by atoms with Gasteiger partial charge < -0.3 is 9.84 Å². The van der Waals surface area contributed by atoms with Crippen molar-refractivity contribution in [1.29, 1.82) is 0 Å². The van der Waals surface area contributed by atoms with Gasteiger partial charge in [0.2, 0.25) is 5.78 Å². The van der Waals surface area contributed by atoms with E-state index >= 15 is 0 Å². The number of benzene rings is 2. The molecule has 3 rings (SSSR count). The van der Waals surface area contributed by atoms with Crippen LogP contribution in [-0.2, 0) is 22.4 Å². The highest BCUT2D eigenvalue weighted by atomic mass is 16.5. The van der Waals surface area contributed by atoms with Crippen LogP contribution in [0.1, 0.15) is 28.4 Å². The van der Waals surface area contributed by atoms with Gasteiger partial charge in [0, 0.05) is 5.92 Å². The lowest BCUT2D eigenvalue weighted by Crippen LogP contribution is -2.26. The SMILES string of the molecule is CCOC(=Nc1ccc(C(=O)O)cc1)C(=O)C1Cc2ccccc2C1. The summed E-state index contributed by atoms with van der Waals surface area (Å²) in [7, 11) is 0. The third kappa shape index (κ3) is 3.76. The number of carboxylic acids is 1. The van der Waals surface area contributed by atoms with Gasteiger partial charge in [0.05, 0.1) is 17.9 Å². The van der Waals surface area contributed by atoms with E-state index in [2.05, 4.69) is 4.99 Å². The van der Waals surface area contributed by atoms with Crippen molar-refractivity contribution < 1.29 is 19.4 Å². The molecule has 0 heterocycles. The van der Waals surface area contributed by atoms with Crippen LogP contribution in [0, 0.1) is 5.92 Å². The molecule has 0 aromatic heterocycles. The summed E-state index contributed by atoms with van der Waals surface area (Å²) < 4.78 is 5.48. The maximum Gasteiger partial charge on any atom is 0.335 e. The fraction of sp³-hybridized carbons (Fsp3) is 0.250. The Bertz CT molecular complexity index is 799. The van der Waals surface area contributed by atoms with Crippen LogP contribution in [-0.4, -0.2) is 29.4 Å². The van der Waals surface area contributed by atoms with Crippen LogP contribution in [0.3, 0.4) is 0 Å². The fourth-order valence-corrected chi connectivity index (χ4v) is 3.01. The molecule has 2 aromatic carbocycles. The largest absolute Gasteiger partial charge is 0.478 e. The molecule has 0 aliphatic heterocycles. The van der Waals surface area contributed by atoms with E-state index in [1.807, 2.05) is 24.3 Å². The molecule has 0 bridgehead atoms. The predicted octanol–water partition coefficient (Wildman–Crippen LogP) is 3.44. The van der Waals surface area contributed by atoms with Crippen molar-refractivity contribution in [3.63, 3.8) is 0 Å². The molecule has 5 nitrogen and oxygen atoms in total. The Morgan fingerprint density at radius 2 is 1.68 bits per heavy atom. The summed E-state index contributed by atoms with van der Waals surface area (Å²) in [5, 5.41) is 8.94. The molecular weight excluding hydrogens is 318 g/mol. The van der Waals surface area contributed by atoms with Crippen LogP contribution in [0.2, 0.25) is 0 Å². The Morgan fingerprint density at radius 3 is 2.20 bits per heavy atom. The van der Waals surface area contributed by atoms with E-state index in [4.69, 9.17) is 9.84 Å². The number of ketones is 1. The number of aromatic carboxylic acids is 1. The topological polar surface area (TPSA) is 76.0 Å². The zero-order valence-corrected chi connectivity index (χ0v) is 13.9. The smallest absolute Gasteiger partial charge is 0.335 e. The molecule has 0 spiro atoms. The van der Waals surface area contributed by atoms with Gasteiger partial charge in [0.15, 0.2) is 0 Å². The number of ether oxygens (including phenoxy) is 1. The lowest BCUT2D eigenvalue weighted by Gasteiger charge is -2.11. The molecule has 0 unspecified atom stereocenters. The Kier molecular flexibility index (Phi) is 4.93. The highest BCUT2D eigenvalue weighted by Crippen LogP contribution is 2.28. The average Bonchev–Trinajstić information content (AvgIpc) is 3.05. The van der Waals surface area contributed by atoms with E-state index in [1.54, 1.807) is 19.1 Å². The number of nitrogens with zero attached hydrogens (tertiary/aromatic N) is 1. The van der Waals surface area contributed by atoms with Gasteiger partial charge in [-0.2, -0.15) is 0 Å². The van der Waals surface area contributed by atoms with Gasteiger partial charge in [-0.05, 0) is 55.2 Å². The molecule has 1 aliphatic rings. The molecule has 0 amide bonds. The summed E-state index contributed by atoms with van der Waals surface area (Å²) >= 11 is 0. The van der Waals surface area contributed by atoms with Gasteiger partial charge in [-0.25, -0.2) is 9.79 Å². The number of rotatable bonds is 5. The third-order valence-electron chi connectivity index (χ3n) is 4.26. The highest BCUT2D eigenvalue weighted by Gasteiger charge is 2.31. The zero-order chi connectivity index (χ0) is 17.8. The van der Waals surface area contributed by atoms with E-state index < -0.39 is 5.97 Å². The van der Waals surface area contributed by atoms with Gasteiger partial charge in [0.1, 0.15) is 0 Å². The lowest BCUT2D eigenvalue weighted by molar-refractivity contribution is -0.117. The van der Waals surface area contributed by atoms with Crippen molar-refractivity contribution in [2.75, 3.05) is 6.61 Å². The van der Waals surface area contributed by atoms with E-state index in [9.17, 15) is 9.59 Å². The van der Waals surface area contributed by atoms with Gasteiger partial charge >= 0.3 is 5.97 Å². The molecule has 5 heteroatoms. The van der Waals surface area contributed by atoms with E-state index in [0.717, 1.165) is 0 Å². The number of fused-ring (bicyclic) bond motifs is 1. The highest BCUT2D eigenvalue weighted by molar-refractivity contribution is 6.37. The maximum absolute atomic E-state index is 12.8. The fourth-order valence-electron chi connectivity index (χ4n) is 3.01. The zero-order valence-electron chi connectivity index (χ0n) is 13.9. The quantitative estimate of drug-likeness (QED) is 0.670. The molecule has 0 saturated carbocycles. The number of carbonyl (C=O) groups excluding carboxylic acids is 1. The Balaban J connectivity index is 1.81. The first-order chi connectivity index (χ1) is 12.1. The van der Waals surface area contributed by atoms with Crippen LogP contribution < -0.4 is 0 Å². The maximum atomic E-state index is 12.8. The molecule has 0 radical (unpaired) electrons. The average molecular weight is 337 g/mol. The van der Waals surface area contributed by atoms with Crippen molar-refractivity contribution in [3.8, 4) is 0 Å². The standard InChI is InChI=1S/C20H19NO4/c1-2-25-19(21-17-9-7-13(8-10-17)20(23)24)18(22)16-11-14-5-3-4-6-15(14)12-16/h3-10,16H,2,11-12H2,1H3,(H,23,24). The van der Waals surface area contributed by atoms with Gasteiger partial charge in [-0.15, -0.1) is 0 Å². The second kappa shape index (κ2) is 7.30. The molecule has 128 valence electrons. The molecule has 0 saturated heterocycles. The van der Waals surface area contributed by atoms with Gasteiger partial charge in [-0.1, -0.05) is 24.3 Å². The Hall–Kier alpha value is -2.95. The van der Waals surface area contributed by atoms with Crippen molar-refractivity contribution in [3.05, 3.63) is 65.2 Å². The Labute approximate surface area is 146 Å². The number of carbonyl (C=O) groups is 2. The van der Waals surface area contributed by atoms with E-state index in [0.29, 0.717) is 25.1 Å². The number of Topliss-reactive ketones (excluding diaryl/α,β-unsaturated/α-hetero) is 1. The minimum atomic E-state index is -1.000. The van der Waals surface area contributed by atoms with Crippen molar-refractivity contribution in [2.45, 2.75) is 19.8 Å². The first-order valence-electron chi connectivity index (χ1n) is 8.24. The summed E-state index contributed by atoms with van der Waals surface area (Å²) in [5.74, 6) is -1.19. The van der Waals surface area contributed by atoms with Crippen LogP contribution in [0.25, 0.3) is 0 Å². The molecule has 25 heavy (non-hydrogen) atoms. The first-order valence-corrected chi connectivity index (χ1v) is 8.24. The minimum Gasteiger partial charge on any atom is -0.478 e. The van der Waals surface area contributed by atoms with Crippen LogP contribution in [0.15, 0.2) is 53.5 Å². The molecule has 0 atom stereocenters. The number of carboxylic acid groups (broad SMARTS) is 1. The lowest BCUT2D eigenvalue weighted by atomic mass is 10.0. The predicted molar refractivity (Wildman–Crippen MR) is 94.5 cm³/mol. The van der Waals surface area contributed by atoms with Gasteiger partial charge in [-0.3, -0.25) is 4.79 Å². The molecule has 1 N–H and O–H groups in total. The second-order valence-corrected chi connectivity index (χ2v) is 5.94. The number of hydrogen-bond acceptors (Lipinski definition) is 4. The Morgan fingerprint density at radius 1 is 1.08 bits per heavy atom. The van der Waals surface area contributed by atoms with Crippen molar-refractivity contribution >= 4 is 23.3 Å². The summed E-state index contributed by atoms with van der Waals surface area (Å²) in [5.41, 5.74) is 3.07. The minimum absolute atomic E-state index is 0.0865. The van der Waals surface area contributed by atoms with Crippen molar-refractivity contribution in [2.24, 2.45) is 10.9 Å². The molecular formula is C20H19NO4. The first kappa shape index (κ1) is 16.9. The van der Waals surface area contributed by atoms with Crippen LogP contribution in [0.4, 0.5) is 5.69 Å².